The summed E-state index contributed by atoms with van der Waals surface area (Å²) in [5, 5.41) is 5.20. The Labute approximate surface area is 180 Å². The van der Waals surface area contributed by atoms with Gasteiger partial charge in [-0.2, -0.15) is 0 Å². The van der Waals surface area contributed by atoms with Crippen LogP contribution in [0.25, 0.3) is 10.1 Å². The van der Waals surface area contributed by atoms with Crippen LogP contribution in [0.4, 0.5) is 5.00 Å². The topological polar surface area (TPSA) is 55.4 Å². The Morgan fingerprint density at radius 1 is 1.25 bits per heavy atom. The minimum absolute atomic E-state index is 0.334. The van der Waals surface area contributed by atoms with Crippen molar-refractivity contribution in [3.63, 3.8) is 0 Å². The van der Waals surface area contributed by atoms with E-state index in [2.05, 4.69) is 12.2 Å². The van der Waals surface area contributed by atoms with E-state index in [0.717, 1.165) is 39.8 Å². The van der Waals surface area contributed by atoms with Crippen molar-refractivity contribution in [1.29, 1.82) is 0 Å². The highest BCUT2D eigenvalue weighted by Gasteiger charge is 2.29. The summed E-state index contributed by atoms with van der Waals surface area (Å²) < 4.78 is 5.82. The molecule has 0 fully saturated rings. The molecule has 4 nitrogen and oxygen atoms in total. The lowest BCUT2D eigenvalue weighted by molar-refractivity contribution is 0.0601. The van der Waals surface area contributed by atoms with Crippen LogP contribution in [0.1, 0.15) is 43.8 Å². The Hall–Kier alpha value is -1.60. The molecule has 1 aliphatic carbocycles. The molecule has 1 aromatic carbocycles. The second-order valence-corrected chi connectivity index (χ2v) is 9.86. The Bertz CT molecular complexity index is 1100. The largest absolute Gasteiger partial charge is 0.465 e. The molecule has 1 amide bonds. The van der Waals surface area contributed by atoms with Gasteiger partial charge in [0.1, 0.15) is 9.88 Å². The molecule has 1 N–H and O–H groups in total. The van der Waals surface area contributed by atoms with E-state index in [-0.39, 0.29) is 5.91 Å². The van der Waals surface area contributed by atoms with Crippen LogP contribution >= 0.6 is 45.9 Å². The number of fused-ring (bicyclic) bond motifs is 2. The third-order valence-corrected chi connectivity index (χ3v) is 7.99. The van der Waals surface area contributed by atoms with E-state index in [0.29, 0.717) is 31.4 Å². The molecule has 0 saturated heterocycles. The highest BCUT2D eigenvalue weighted by Crippen LogP contribution is 2.41. The summed E-state index contributed by atoms with van der Waals surface area (Å²) in [5.74, 6) is -0.197. The zero-order valence-electron chi connectivity index (χ0n) is 15.2. The minimum atomic E-state index is -0.420. The number of methoxy groups -OCH3 is 1. The SMILES string of the molecule is COC(=O)c1c(NC(=O)c2sc3cc(Cl)ccc3c2Cl)sc2c1CCC(C)C2. The molecule has 0 radical (unpaired) electrons. The first-order valence-corrected chi connectivity index (χ1v) is 11.2. The van der Waals surface area contributed by atoms with Crippen molar-refractivity contribution in [3.8, 4) is 0 Å². The summed E-state index contributed by atoms with van der Waals surface area (Å²) in [7, 11) is 1.36. The predicted molar refractivity (Wildman–Crippen MR) is 117 cm³/mol. The molecule has 28 heavy (non-hydrogen) atoms. The lowest BCUT2D eigenvalue weighted by atomic mass is 9.88. The molecule has 2 aromatic heterocycles. The number of nitrogens with one attached hydrogen (secondary N) is 1. The number of esters is 1. The van der Waals surface area contributed by atoms with E-state index in [9.17, 15) is 9.59 Å². The van der Waals surface area contributed by atoms with Crippen LogP contribution in [0, 0.1) is 5.92 Å². The molecule has 2 heterocycles. The molecule has 0 aliphatic heterocycles. The minimum Gasteiger partial charge on any atom is -0.465 e. The van der Waals surface area contributed by atoms with Crippen LogP contribution in [0.15, 0.2) is 18.2 Å². The first kappa shape index (κ1) is 19.7. The number of thiophene rings is 2. The smallest absolute Gasteiger partial charge is 0.341 e. The first-order valence-electron chi connectivity index (χ1n) is 8.80. The maximum Gasteiger partial charge on any atom is 0.341 e. The molecule has 1 unspecified atom stereocenters. The van der Waals surface area contributed by atoms with Gasteiger partial charge in [0.25, 0.3) is 5.91 Å². The van der Waals surface area contributed by atoms with Crippen molar-refractivity contribution in [3.05, 3.63) is 49.1 Å². The molecule has 0 spiro atoms. The van der Waals surface area contributed by atoms with Gasteiger partial charge in [-0.15, -0.1) is 22.7 Å². The van der Waals surface area contributed by atoms with Gasteiger partial charge in [0.2, 0.25) is 0 Å². The predicted octanol–water partition coefficient (Wildman–Crippen LogP) is 6.43. The maximum atomic E-state index is 13.0. The lowest BCUT2D eigenvalue weighted by Crippen LogP contribution is -2.15. The van der Waals surface area contributed by atoms with Crippen molar-refractivity contribution in [1.82, 2.24) is 0 Å². The van der Waals surface area contributed by atoms with Crippen molar-refractivity contribution in [2.45, 2.75) is 26.2 Å². The maximum absolute atomic E-state index is 13.0. The molecule has 0 saturated carbocycles. The second-order valence-electron chi connectivity index (χ2n) is 6.89. The van der Waals surface area contributed by atoms with Gasteiger partial charge in [-0.05, 0) is 42.9 Å². The van der Waals surface area contributed by atoms with Crippen molar-refractivity contribution >= 4 is 72.8 Å². The summed E-state index contributed by atoms with van der Waals surface area (Å²) in [4.78, 5) is 26.9. The number of rotatable bonds is 3. The Morgan fingerprint density at radius 3 is 2.79 bits per heavy atom. The third-order valence-electron chi connectivity index (χ3n) is 4.93. The highest BCUT2D eigenvalue weighted by molar-refractivity contribution is 7.22. The van der Waals surface area contributed by atoms with Gasteiger partial charge in [0.15, 0.2) is 0 Å². The number of amides is 1. The zero-order chi connectivity index (χ0) is 20.0. The number of carbonyl (C=O) groups excluding carboxylic acids is 2. The van der Waals surface area contributed by atoms with Gasteiger partial charge in [-0.25, -0.2) is 4.79 Å². The van der Waals surface area contributed by atoms with Crippen LogP contribution in [-0.2, 0) is 17.6 Å². The van der Waals surface area contributed by atoms with Crippen molar-refractivity contribution in [2.75, 3.05) is 12.4 Å². The van der Waals surface area contributed by atoms with Crippen LogP contribution in [-0.4, -0.2) is 19.0 Å². The number of carbonyl (C=O) groups is 2. The molecule has 0 bridgehead atoms. The van der Waals surface area contributed by atoms with E-state index in [1.807, 2.05) is 0 Å². The lowest BCUT2D eigenvalue weighted by Gasteiger charge is -2.18. The quantitative estimate of drug-likeness (QED) is 0.464. The normalized spacial score (nSPS) is 16.1. The molecular weight excluding hydrogens is 437 g/mol. The van der Waals surface area contributed by atoms with Crippen LogP contribution in [0.5, 0.6) is 0 Å². The zero-order valence-corrected chi connectivity index (χ0v) is 18.4. The third kappa shape index (κ3) is 3.43. The monoisotopic (exact) mass is 453 g/mol. The summed E-state index contributed by atoms with van der Waals surface area (Å²) in [6, 6.07) is 5.34. The standard InChI is InChI=1S/C20H17Cl2NO3S2/c1-9-3-5-11-13(7-9)28-19(15(11)20(25)26-2)23-18(24)17-16(22)12-6-4-10(21)8-14(12)27-17/h4,6,8-9H,3,5,7H2,1-2H3,(H,23,24). The van der Waals surface area contributed by atoms with Gasteiger partial charge in [0, 0.05) is 20.0 Å². The number of benzene rings is 1. The molecule has 4 rings (SSSR count). The molecular formula is C20H17Cl2NO3S2. The summed E-state index contributed by atoms with van der Waals surface area (Å²) in [6.45, 7) is 2.20. The fraction of sp³-hybridized carbons (Fsp3) is 0.300. The molecule has 8 heteroatoms. The van der Waals surface area contributed by atoms with E-state index in [4.69, 9.17) is 27.9 Å². The molecule has 1 atom stereocenters. The van der Waals surface area contributed by atoms with Gasteiger partial charge in [0.05, 0.1) is 17.7 Å². The van der Waals surface area contributed by atoms with Gasteiger partial charge in [-0.3, -0.25) is 4.79 Å². The van der Waals surface area contributed by atoms with Crippen LogP contribution in [0.3, 0.4) is 0 Å². The van der Waals surface area contributed by atoms with Crippen LogP contribution < -0.4 is 5.32 Å². The Balaban J connectivity index is 1.72. The van der Waals surface area contributed by atoms with E-state index in [1.165, 1.54) is 29.8 Å². The van der Waals surface area contributed by atoms with Crippen LogP contribution in [0.2, 0.25) is 10.0 Å². The summed E-state index contributed by atoms with van der Waals surface area (Å²) >= 11 is 15.2. The van der Waals surface area contributed by atoms with Gasteiger partial charge < -0.3 is 10.1 Å². The summed E-state index contributed by atoms with van der Waals surface area (Å²) in [5.41, 5.74) is 1.47. The fourth-order valence-electron chi connectivity index (χ4n) is 3.50. The average Bonchev–Trinajstić information content (AvgIpc) is 3.17. The molecule has 1 aliphatic rings. The molecule has 3 aromatic rings. The highest BCUT2D eigenvalue weighted by atomic mass is 35.5. The van der Waals surface area contributed by atoms with E-state index >= 15 is 0 Å². The number of ether oxygens (including phenoxy) is 1. The van der Waals surface area contributed by atoms with Crippen molar-refractivity contribution < 1.29 is 14.3 Å². The fourth-order valence-corrected chi connectivity index (χ4v) is 6.58. The summed E-state index contributed by atoms with van der Waals surface area (Å²) in [6.07, 6.45) is 2.74. The Kier molecular flexibility index (Phi) is 5.40. The second kappa shape index (κ2) is 7.67. The average molecular weight is 454 g/mol. The molecule has 146 valence electrons. The first-order chi connectivity index (χ1) is 13.4. The number of hydrogen-bond acceptors (Lipinski definition) is 5. The number of halogens is 2. The van der Waals surface area contributed by atoms with E-state index in [1.54, 1.807) is 18.2 Å². The Morgan fingerprint density at radius 2 is 2.04 bits per heavy atom. The van der Waals surface area contributed by atoms with Gasteiger partial charge in [-0.1, -0.05) is 36.2 Å². The van der Waals surface area contributed by atoms with Crippen molar-refractivity contribution in [2.24, 2.45) is 5.92 Å². The number of anilines is 1. The van der Waals surface area contributed by atoms with E-state index < -0.39 is 5.97 Å². The number of hydrogen-bond donors (Lipinski definition) is 1. The van der Waals surface area contributed by atoms with Gasteiger partial charge >= 0.3 is 5.97 Å².